The lowest BCUT2D eigenvalue weighted by Crippen LogP contribution is -2.21. The highest BCUT2D eigenvalue weighted by Crippen LogP contribution is 2.29. The predicted octanol–water partition coefficient (Wildman–Crippen LogP) is 4.15. The number of amides is 1. The van der Waals surface area contributed by atoms with Gasteiger partial charge in [-0.2, -0.15) is 13.2 Å². The molecule has 0 atom stereocenters. The summed E-state index contributed by atoms with van der Waals surface area (Å²) in [7, 11) is 0. The van der Waals surface area contributed by atoms with Crippen molar-refractivity contribution >= 4 is 23.2 Å². The van der Waals surface area contributed by atoms with E-state index in [4.69, 9.17) is 16.3 Å². The van der Waals surface area contributed by atoms with Gasteiger partial charge >= 0.3 is 6.18 Å². The zero-order chi connectivity index (χ0) is 19.3. The van der Waals surface area contributed by atoms with E-state index in [9.17, 15) is 22.8 Å². The van der Waals surface area contributed by atoms with Gasteiger partial charge in [0.25, 0.3) is 5.56 Å². The van der Waals surface area contributed by atoms with E-state index in [2.05, 4.69) is 5.32 Å². The van der Waals surface area contributed by atoms with Crippen molar-refractivity contribution in [1.29, 1.82) is 0 Å². The zero-order valence-electron chi connectivity index (χ0n) is 13.7. The maximum atomic E-state index is 12.6. The largest absolute Gasteiger partial charge is 0.493 e. The summed E-state index contributed by atoms with van der Waals surface area (Å²) >= 11 is 5.84. The highest BCUT2D eigenvalue weighted by molar-refractivity contribution is 6.30. The second-order valence-corrected chi connectivity index (χ2v) is 5.98. The molecule has 0 aliphatic rings. The van der Waals surface area contributed by atoms with E-state index in [-0.39, 0.29) is 13.0 Å². The molecule has 5 nitrogen and oxygen atoms in total. The number of hydrogen-bond donors (Lipinski definition) is 2. The fourth-order valence-electron chi connectivity index (χ4n) is 2.14. The summed E-state index contributed by atoms with van der Waals surface area (Å²) in [6.07, 6.45) is -3.75. The second kappa shape index (κ2) is 8.27. The molecule has 0 unspecified atom stereocenters. The average Bonchev–Trinajstić information content (AvgIpc) is 2.54. The number of anilines is 1. The Labute approximate surface area is 152 Å². The quantitative estimate of drug-likeness (QED) is 0.730. The second-order valence-electron chi connectivity index (χ2n) is 5.54. The van der Waals surface area contributed by atoms with Crippen molar-refractivity contribution in [1.82, 2.24) is 4.98 Å². The van der Waals surface area contributed by atoms with Crippen LogP contribution in [0, 0.1) is 6.92 Å². The number of aromatic nitrogens is 1. The monoisotopic (exact) mass is 388 g/mol. The first-order valence-corrected chi connectivity index (χ1v) is 8.03. The molecule has 26 heavy (non-hydrogen) atoms. The number of halogens is 4. The van der Waals surface area contributed by atoms with Crippen LogP contribution in [0.3, 0.4) is 0 Å². The van der Waals surface area contributed by atoms with Crippen molar-refractivity contribution in [2.24, 2.45) is 0 Å². The van der Waals surface area contributed by atoms with E-state index >= 15 is 0 Å². The number of carbonyl (C=O) groups excluding carboxylic acids is 1. The van der Waals surface area contributed by atoms with E-state index in [0.29, 0.717) is 29.5 Å². The molecule has 9 heteroatoms. The maximum Gasteiger partial charge on any atom is 0.417 e. The van der Waals surface area contributed by atoms with Gasteiger partial charge in [-0.25, -0.2) is 0 Å². The number of nitrogens with one attached hydrogen (secondary N) is 2. The summed E-state index contributed by atoms with van der Waals surface area (Å²) in [6.45, 7) is 2.06. The van der Waals surface area contributed by atoms with Crippen LogP contribution in [-0.2, 0) is 11.0 Å². The smallest absolute Gasteiger partial charge is 0.417 e. The number of pyridine rings is 1. The number of aryl methyl sites for hydroxylation is 1. The number of rotatable bonds is 6. The molecule has 0 aliphatic carbocycles. The molecule has 0 fully saturated rings. The number of ether oxygens (including phenoxy) is 1. The third-order valence-corrected chi connectivity index (χ3v) is 3.68. The molecule has 0 spiro atoms. The van der Waals surface area contributed by atoms with Gasteiger partial charge in [-0.1, -0.05) is 11.6 Å². The van der Waals surface area contributed by atoms with Crippen LogP contribution in [0.1, 0.15) is 24.0 Å². The Hall–Kier alpha value is -2.48. The Morgan fingerprint density at radius 2 is 2.04 bits per heavy atom. The lowest BCUT2D eigenvalue weighted by molar-refractivity contribution is -0.137. The summed E-state index contributed by atoms with van der Waals surface area (Å²) in [5.74, 6) is 0.0513. The van der Waals surface area contributed by atoms with Gasteiger partial charge in [-0.05, 0) is 43.2 Å². The minimum Gasteiger partial charge on any atom is -0.493 e. The van der Waals surface area contributed by atoms with E-state index in [0.717, 1.165) is 5.56 Å². The Morgan fingerprint density at radius 3 is 2.69 bits per heavy atom. The van der Waals surface area contributed by atoms with Gasteiger partial charge in [-0.3, -0.25) is 9.59 Å². The molecule has 1 aromatic carbocycles. The fraction of sp³-hybridized carbons (Fsp3) is 0.294. The van der Waals surface area contributed by atoms with Crippen LogP contribution in [-0.4, -0.2) is 17.5 Å². The third kappa shape index (κ3) is 5.52. The normalized spacial score (nSPS) is 11.3. The predicted molar refractivity (Wildman–Crippen MR) is 91.6 cm³/mol. The number of hydrogen-bond acceptors (Lipinski definition) is 3. The van der Waals surface area contributed by atoms with Gasteiger partial charge in [0.1, 0.15) is 11.4 Å². The molecule has 0 aliphatic heterocycles. The molecule has 0 saturated carbocycles. The van der Waals surface area contributed by atoms with Crippen molar-refractivity contribution < 1.29 is 22.7 Å². The molecule has 2 rings (SSSR count). The molecule has 0 radical (unpaired) electrons. The maximum absolute atomic E-state index is 12.6. The van der Waals surface area contributed by atoms with E-state index in [1.54, 1.807) is 18.2 Å². The van der Waals surface area contributed by atoms with Crippen LogP contribution >= 0.6 is 11.6 Å². The first kappa shape index (κ1) is 19.8. The first-order chi connectivity index (χ1) is 12.2. The number of carbonyl (C=O) groups is 1. The SMILES string of the molecule is Cc1cc(Cl)ccc1OCCCC(=O)Nc1cc(C(F)(F)F)c[nH]c1=O. The molecular formula is C17H16ClF3N2O3. The van der Waals surface area contributed by atoms with Crippen molar-refractivity contribution in [2.45, 2.75) is 25.9 Å². The zero-order valence-corrected chi connectivity index (χ0v) is 14.5. The van der Waals surface area contributed by atoms with Crippen LogP contribution in [0.2, 0.25) is 5.02 Å². The van der Waals surface area contributed by atoms with Crippen LogP contribution in [0.15, 0.2) is 35.3 Å². The lowest BCUT2D eigenvalue weighted by Gasteiger charge is -2.10. The van der Waals surface area contributed by atoms with Crippen molar-refractivity contribution in [3.8, 4) is 5.75 Å². The van der Waals surface area contributed by atoms with Gasteiger partial charge in [0.2, 0.25) is 5.91 Å². The molecule has 1 aromatic heterocycles. The standard InChI is InChI=1S/C17H16ClF3N2O3/c1-10-7-12(18)4-5-14(10)26-6-2-3-15(24)23-13-8-11(17(19,20)21)9-22-16(13)25/h4-5,7-9H,2-3,6H2,1H3,(H,22,25)(H,23,24). The number of aromatic amines is 1. The Bertz CT molecular complexity index is 850. The van der Waals surface area contributed by atoms with Crippen molar-refractivity contribution in [3.63, 3.8) is 0 Å². The van der Waals surface area contributed by atoms with Crippen LogP contribution in [0.4, 0.5) is 18.9 Å². The molecule has 0 bridgehead atoms. The van der Waals surface area contributed by atoms with E-state index < -0.39 is 28.9 Å². The van der Waals surface area contributed by atoms with Gasteiger partial charge in [0, 0.05) is 17.6 Å². The van der Waals surface area contributed by atoms with Crippen LogP contribution in [0.25, 0.3) is 0 Å². The Balaban J connectivity index is 1.86. The fourth-order valence-corrected chi connectivity index (χ4v) is 2.37. The van der Waals surface area contributed by atoms with Crippen molar-refractivity contribution in [3.05, 3.63) is 57.0 Å². The van der Waals surface area contributed by atoms with E-state index in [1.165, 1.54) is 0 Å². The minimum atomic E-state index is -4.62. The van der Waals surface area contributed by atoms with Crippen LogP contribution < -0.4 is 15.6 Å². The molecule has 2 N–H and O–H groups in total. The Kier molecular flexibility index (Phi) is 6.31. The topological polar surface area (TPSA) is 71.2 Å². The molecule has 1 amide bonds. The summed E-state index contributed by atoms with van der Waals surface area (Å²) in [5, 5.41) is 2.77. The van der Waals surface area contributed by atoms with Crippen LogP contribution in [0.5, 0.6) is 5.75 Å². The summed E-state index contributed by atoms with van der Waals surface area (Å²) in [6, 6.07) is 5.73. The van der Waals surface area contributed by atoms with E-state index in [1.807, 2.05) is 11.9 Å². The Morgan fingerprint density at radius 1 is 1.31 bits per heavy atom. The van der Waals surface area contributed by atoms with Gasteiger partial charge in [0.15, 0.2) is 0 Å². The summed E-state index contributed by atoms with van der Waals surface area (Å²) < 4.78 is 43.5. The van der Waals surface area contributed by atoms with Gasteiger partial charge in [0.05, 0.1) is 12.2 Å². The highest BCUT2D eigenvalue weighted by Gasteiger charge is 2.31. The lowest BCUT2D eigenvalue weighted by atomic mass is 10.2. The van der Waals surface area contributed by atoms with Crippen molar-refractivity contribution in [2.75, 3.05) is 11.9 Å². The molecule has 2 aromatic rings. The molecular weight excluding hydrogens is 373 g/mol. The number of benzene rings is 1. The van der Waals surface area contributed by atoms with Gasteiger partial charge < -0.3 is 15.0 Å². The minimum absolute atomic E-state index is 0.0116. The summed E-state index contributed by atoms with van der Waals surface area (Å²) in [4.78, 5) is 25.3. The first-order valence-electron chi connectivity index (χ1n) is 7.65. The third-order valence-electron chi connectivity index (χ3n) is 3.45. The highest BCUT2D eigenvalue weighted by atomic mass is 35.5. The number of H-pyrrole nitrogens is 1. The molecule has 0 saturated heterocycles. The summed E-state index contributed by atoms with van der Waals surface area (Å²) in [5.41, 5.74) is -1.45. The van der Waals surface area contributed by atoms with Gasteiger partial charge in [-0.15, -0.1) is 0 Å². The molecule has 1 heterocycles. The molecule has 140 valence electrons. The number of alkyl halides is 3. The average molecular weight is 389 g/mol.